The molecule has 0 aliphatic carbocycles. The van der Waals surface area contributed by atoms with Gasteiger partial charge in [-0.2, -0.15) is 5.10 Å². The molecule has 1 aromatic heterocycles. The van der Waals surface area contributed by atoms with Crippen molar-refractivity contribution in [1.29, 1.82) is 0 Å². The fraction of sp³-hybridized carbons (Fsp3) is 0.389. The first-order valence-corrected chi connectivity index (χ1v) is 8.48. The Morgan fingerprint density at radius 2 is 2.16 bits per heavy atom. The molecule has 0 bridgehead atoms. The van der Waals surface area contributed by atoms with Gasteiger partial charge in [0.2, 0.25) is 0 Å². The molecule has 7 heteroatoms. The molecule has 2 aliphatic rings. The Hall–Kier alpha value is -2.83. The molecule has 4 rings (SSSR count). The van der Waals surface area contributed by atoms with Gasteiger partial charge in [-0.1, -0.05) is 18.2 Å². The monoisotopic (exact) mass is 340 g/mol. The number of hydrogen-bond donors (Lipinski definition) is 1. The van der Waals surface area contributed by atoms with E-state index in [1.165, 1.54) is 0 Å². The third-order valence-electron chi connectivity index (χ3n) is 4.67. The van der Waals surface area contributed by atoms with Gasteiger partial charge in [0.05, 0.1) is 0 Å². The molecule has 1 N–H and O–H groups in total. The van der Waals surface area contributed by atoms with Crippen molar-refractivity contribution in [1.82, 2.24) is 15.1 Å². The fourth-order valence-corrected chi connectivity index (χ4v) is 3.38. The maximum atomic E-state index is 12.7. The second-order valence-corrected chi connectivity index (χ2v) is 6.46. The van der Waals surface area contributed by atoms with E-state index in [4.69, 9.17) is 4.74 Å². The second kappa shape index (κ2) is 6.23. The predicted molar refractivity (Wildman–Crippen MR) is 91.3 cm³/mol. The van der Waals surface area contributed by atoms with Crippen LogP contribution in [0.4, 0.5) is 5.82 Å². The van der Waals surface area contributed by atoms with E-state index < -0.39 is 12.1 Å². The molecule has 7 nitrogen and oxygen atoms in total. The van der Waals surface area contributed by atoms with Gasteiger partial charge in [0.15, 0.2) is 11.9 Å². The summed E-state index contributed by atoms with van der Waals surface area (Å²) >= 11 is 0. The molecule has 2 aromatic rings. The molecule has 1 aromatic carbocycles. The van der Waals surface area contributed by atoms with Crippen LogP contribution >= 0.6 is 0 Å². The van der Waals surface area contributed by atoms with Crippen LogP contribution in [-0.2, 0) is 23.1 Å². The van der Waals surface area contributed by atoms with E-state index in [1.807, 2.05) is 31.3 Å². The molecule has 2 amide bonds. The summed E-state index contributed by atoms with van der Waals surface area (Å²) in [6.45, 7) is 0.619. The molecule has 3 heterocycles. The van der Waals surface area contributed by atoms with Crippen molar-refractivity contribution in [3.63, 3.8) is 0 Å². The molecule has 0 saturated carbocycles. The summed E-state index contributed by atoms with van der Waals surface area (Å²) in [6, 6.07) is 8.90. The number of carbonyl (C=O) groups excluding carboxylic acids is 2. The summed E-state index contributed by atoms with van der Waals surface area (Å²) < 4.78 is 7.37. The van der Waals surface area contributed by atoms with Crippen LogP contribution in [0.3, 0.4) is 0 Å². The molecule has 1 saturated heterocycles. The Bertz CT molecular complexity index is 791. The standard InChI is InChI=1S/C18H20N4O3/c1-21-10-8-16(20-21)22-9-4-6-13(18(22)24)19-17(23)15-11-12-5-2-3-7-14(12)25-15/h2-3,5,7-8,10,13,15H,4,6,9,11H2,1H3,(H,19,23). The van der Waals surface area contributed by atoms with Crippen molar-refractivity contribution >= 4 is 17.6 Å². The number of carbonyl (C=O) groups is 2. The Morgan fingerprint density at radius 1 is 1.32 bits per heavy atom. The number of amides is 2. The molecule has 0 spiro atoms. The van der Waals surface area contributed by atoms with Gasteiger partial charge < -0.3 is 10.1 Å². The molecular weight excluding hydrogens is 320 g/mol. The maximum Gasteiger partial charge on any atom is 0.262 e. The van der Waals surface area contributed by atoms with Crippen molar-refractivity contribution in [2.24, 2.45) is 7.05 Å². The highest BCUT2D eigenvalue weighted by atomic mass is 16.5. The third-order valence-corrected chi connectivity index (χ3v) is 4.67. The number of hydrogen-bond acceptors (Lipinski definition) is 4. The third kappa shape index (κ3) is 2.97. The van der Waals surface area contributed by atoms with Crippen LogP contribution in [0.1, 0.15) is 18.4 Å². The SMILES string of the molecule is Cn1ccc(N2CCCC(NC(=O)C3Cc4ccccc4O3)C2=O)n1. The summed E-state index contributed by atoms with van der Waals surface area (Å²) in [5.74, 6) is 1.01. The number of aromatic nitrogens is 2. The number of nitrogens with zero attached hydrogens (tertiary/aromatic N) is 3. The fourth-order valence-electron chi connectivity index (χ4n) is 3.38. The maximum absolute atomic E-state index is 12.7. The molecule has 25 heavy (non-hydrogen) atoms. The molecule has 2 unspecified atom stereocenters. The zero-order valence-electron chi connectivity index (χ0n) is 14.0. The van der Waals surface area contributed by atoms with Crippen LogP contribution in [0.5, 0.6) is 5.75 Å². The Kier molecular flexibility index (Phi) is 3.91. The summed E-state index contributed by atoms with van der Waals surface area (Å²) in [4.78, 5) is 26.9. The number of rotatable bonds is 3. The highest BCUT2D eigenvalue weighted by molar-refractivity contribution is 5.99. The highest BCUT2D eigenvalue weighted by Gasteiger charge is 2.35. The lowest BCUT2D eigenvalue weighted by Crippen LogP contribution is -2.54. The Balaban J connectivity index is 1.42. The lowest BCUT2D eigenvalue weighted by Gasteiger charge is -2.31. The Morgan fingerprint density at radius 3 is 2.92 bits per heavy atom. The Labute approximate surface area is 145 Å². The van der Waals surface area contributed by atoms with E-state index >= 15 is 0 Å². The van der Waals surface area contributed by atoms with Gasteiger partial charge in [0.1, 0.15) is 11.8 Å². The van der Waals surface area contributed by atoms with Gasteiger partial charge in [0, 0.05) is 32.3 Å². The van der Waals surface area contributed by atoms with Crippen molar-refractivity contribution in [3.05, 3.63) is 42.1 Å². The smallest absolute Gasteiger partial charge is 0.262 e. The number of benzene rings is 1. The predicted octanol–water partition coefficient (Wildman–Crippen LogP) is 1.04. The van der Waals surface area contributed by atoms with Crippen LogP contribution in [0.15, 0.2) is 36.5 Å². The number of para-hydroxylation sites is 1. The summed E-state index contributed by atoms with van der Waals surface area (Å²) in [5.41, 5.74) is 1.02. The van der Waals surface area contributed by atoms with Crippen molar-refractivity contribution in [2.45, 2.75) is 31.4 Å². The van der Waals surface area contributed by atoms with E-state index in [2.05, 4.69) is 10.4 Å². The lowest BCUT2D eigenvalue weighted by molar-refractivity contribution is -0.132. The van der Waals surface area contributed by atoms with E-state index in [-0.39, 0.29) is 11.8 Å². The molecule has 2 atom stereocenters. The van der Waals surface area contributed by atoms with Crippen LogP contribution in [0, 0.1) is 0 Å². The summed E-state index contributed by atoms with van der Waals surface area (Å²) in [7, 11) is 1.81. The van der Waals surface area contributed by atoms with Crippen molar-refractivity contribution in [2.75, 3.05) is 11.4 Å². The molecule has 1 fully saturated rings. The van der Waals surface area contributed by atoms with Gasteiger partial charge in [-0.25, -0.2) is 0 Å². The van der Waals surface area contributed by atoms with Crippen molar-refractivity contribution < 1.29 is 14.3 Å². The quantitative estimate of drug-likeness (QED) is 0.906. The number of anilines is 1. The minimum atomic E-state index is -0.574. The lowest BCUT2D eigenvalue weighted by atomic mass is 10.0. The van der Waals surface area contributed by atoms with Crippen LogP contribution in [0.25, 0.3) is 0 Å². The number of aryl methyl sites for hydroxylation is 1. The first kappa shape index (κ1) is 15.7. The van der Waals surface area contributed by atoms with Gasteiger partial charge in [-0.3, -0.25) is 19.2 Å². The normalized spacial score (nSPS) is 22.4. The number of nitrogens with one attached hydrogen (secondary N) is 1. The summed E-state index contributed by atoms with van der Waals surface area (Å²) in [5, 5.41) is 7.15. The minimum absolute atomic E-state index is 0.117. The van der Waals surface area contributed by atoms with E-state index in [1.54, 1.807) is 21.8 Å². The van der Waals surface area contributed by atoms with Gasteiger partial charge in [-0.15, -0.1) is 0 Å². The van der Waals surface area contributed by atoms with E-state index in [0.717, 1.165) is 17.7 Å². The zero-order valence-corrected chi connectivity index (χ0v) is 14.0. The molecular formula is C18H20N4O3. The number of fused-ring (bicyclic) bond motifs is 1. The summed E-state index contributed by atoms with van der Waals surface area (Å²) in [6.07, 6.45) is 3.21. The number of ether oxygens (including phenoxy) is 1. The van der Waals surface area contributed by atoms with Crippen LogP contribution in [-0.4, -0.2) is 40.3 Å². The van der Waals surface area contributed by atoms with Crippen molar-refractivity contribution in [3.8, 4) is 5.75 Å². The highest BCUT2D eigenvalue weighted by Crippen LogP contribution is 2.28. The van der Waals surface area contributed by atoms with Gasteiger partial charge in [-0.05, 0) is 24.5 Å². The van der Waals surface area contributed by atoms with Crippen LogP contribution in [0.2, 0.25) is 0 Å². The second-order valence-electron chi connectivity index (χ2n) is 6.46. The minimum Gasteiger partial charge on any atom is -0.480 e. The first-order chi connectivity index (χ1) is 12.1. The van der Waals surface area contributed by atoms with Gasteiger partial charge >= 0.3 is 0 Å². The van der Waals surface area contributed by atoms with E-state index in [0.29, 0.717) is 25.2 Å². The first-order valence-electron chi connectivity index (χ1n) is 8.48. The largest absolute Gasteiger partial charge is 0.480 e. The average Bonchev–Trinajstić information content (AvgIpc) is 3.23. The number of piperidine rings is 1. The van der Waals surface area contributed by atoms with Gasteiger partial charge in [0.25, 0.3) is 11.8 Å². The molecule has 2 aliphatic heterocycles. The van der Waals surface area contributed by atoms with E-state index in [9.17, 15) is 9.59 Å². The van der Waals surface area contributed by atoms with Crippen LogP contribution < -0.4 is 15.0 Å². The molecule has 0 radical (unpaired) electrons. The zero-order chi connectivity index (χ0) is 17.4. The average molecular weight is 340 g/mol. The molecule has 130 valence electrons. The topological polar surface area (TPSA) is 76.5 Å².